The van der Waals surface area contributed by atoms with Gasteiger partial charge in [0.2, 0.25) is 5.91 Å². The van der Waals surface area contributed by atoms with E-state index in [1.54, 1.807) is 36.1 Å². The first-order valence-corrected chi connectivity index (χ1v) is 8.87. The van der Waals surface area contributed by atoms with Gasteiger partial charge in [-0.25, -0.2) is 4.39 Å². The van der Waals surface area contributed by atoms with Crippen LogP contribution in [0.15, 0.2) is 36.4 Å². The van der Waals surface area contributed by atoms with Gasteiger partial charge in [-0.15, -0.1) is 0 Å². The number of aryl methyl sites for hydroxylation is 1. The van der Waals surface area contributed by atoms with Gasteiger partial charge in [-0.05, 0) is 55.0 Å². The molecule has 2 aromatic carbocycles. The fraction of sp³-hybridized carbons (Fsp3) is 0.300. The van der Waals surface area contributed by atoms with Crippen molar-refractivity contribution < 1.29 is 14.0 Å². The zero-order chi connectivity index (χ0) is 18.8. The highest BCUT2D eigenvalue weighted by Gasteiger charge is 2.30. The van der Waals surface area contributed by atoms with Crippen molar-refractivity contribution in [2.24, 2.45) is 11.7 Å². The van der Waals surface area contributed by atoms with E-state index in [9.17, 15) is 14.0 Å². The Morgan fingerprint density at radius 3 is 2.81 bits per heavy atom. The lowest BCUT2D eigenvalue weighted by atomic mass is 9.97. The van der Waals surface area contributed by atoms with Crippen LogP contribution in [0.2, 0.25) is 5.02 Å². The van der Waals surface area contributed by atoms with E-state index in [-0.39, 0.29) is 22.4 Å². The Bertz CT molecular complexity index is 869. The highest BCUT2D eigenvalue weighted by Crippen LogP contribution is 2.28. The lowest BCUT2D eigenvalue weighted by Gasteiger charge is -2.18. The molecular formula is C20H20ClFN2O2. The maximum absolute atomic E-state index is 14.1. The van der Waals surface area contributed by atoms with Gasteiger partial charge in [-0.3, -0.25) is 9.59 Å². The standard InChI is InChI=1S/C20H20ClFN2O2/c1-12-5-6-16(22)17(18(12)21)20(26)24-8-7-14(11-24)9-13-3-2-4-15(10-13)19(23)25/h2-6,10,14H,7-9,11H2,1H3,(H2,23,25)/t14-/m0/s1. The molecule has 3 rings (SSSR count). The Hall–Kier alpha value is -2.40. The van der Waals surface area contributed by atoms with Crippen LogP contribution in [-0.4, -0.2) is 29.8 Å². The molecule has 0 bridgehead atoms. The number of carbonyl (C=O) groups excluding carboxylic acids is 2. The van der Waals surface area contributed by atoms with Crippen LogP contribution >= 0.6 is 11.6 Å². The molecule has 6 heteroatoms. The van der Waals surface area contributed by atoms with Gasteiger partial charge < -0.3 is 10.6 Å². The predicted molar refractivity (Wildman–Crippen MR) is 98.8 cm³/mol. The quantitative estimate of drug-likeness (QED) is 0.888. The molecule has 1 heterocycles. The number of benzene rings is 2. The van der Waals surface area contributed by atoms with Crippen LogP contribution in [0.25, 0.3) is 0 Å². The van der Waals surface area contributed by atoms with Gasteiger partial charge in [0.1, 0.15) is 5.82 Å². The molecule has 1 saturated heterocycles. The van der Waals surface area contributed by atoms with Gasteiger partial charge in [0, 0.05) is 18.7 Å². The summed E-state index contributed by atoms with van der Waals surface area (Å²) in [5.41, 5.74) is 7.42. The van der Waals surface area contributed by atoms with Gasteiger partial charge in [0.05, 0.1) is 10.6 Å². The van der Waals surface area contributed by atoms with E-state index in [0.717, 1.165) is 18.4 Å². The number of halogens is 2. The van der Waals surface area contributed by atoms with Crippen molar-refractivity contribution in [3.63, 3.8) is 0 Å². The predicted octanol–water partition coefficient (Wildman–Crippen LogP) is 3.59. The molecule has 1 aliphatic heterocycles. The summed E-state index contributed by atoms with van der Waals surface area (Å²) in [6, 6.07) is 10.0. The molecular weight excluding hydrogens is 355 g/mol. The molecule has 2 amide bonds. The third kappa shape index (κ3) is 3.73. The molecule has 26 heavy (non-hydrogen) atoms. The molecule has 0 radical (unpaired) electrons. The van der Waals surface area contributed by atoms with Crippen LogP contribution < -0.4 is 5.73 Å². The highest BCUT2D eigenvalue weighted by atomic mass is 35.5. The molecule has 0 saturated carbocycles. The highest BCUT2D eigenvalue weighted by molar-refractivity contribution is 6.34. The van der Waals surface area contributed by atoms with E-state index in [1.807, 2.05) is 6.07 Å². The summed E-state index contributed by atoms with van der Waals surface area (Å²) in [5, 5.41) is 0.174. The van der Waals surface area contributed by atoms with Crippen molar-refractivity contribution in [2.75, 3.05) is 13.1 Å². The fourth-order valence-electron chi connectivity index (χ4n) is 3.38. The molecule has 1 atom stereocenters. The number of nitrogens with zero attached hydrogens (tertiary/aromatic N) is 1. The molecule has 136 valence electrons. The summed E-state index contributed by atoms with van der Waals surface area (Å²) >= 11 is 6.15. The van der Waals surface area contributed by atoms with Crippen molar-refractivity contribution >= 4 is 23.4 Å². The minimum atomic E-state index is -0.594. The number of hydrogen-bond acceptors (Lipinski definition) is 2. The molecule has 0 unspecified atom stereocenters. The second-order valence-electron chi connectivity index (χ2n) is 6.73. The molecule has 1 fully saturated rings. The lowest BCUT2D eigenvalue weighted by Crippen LogP contribution is -2.30. The Labute approximate surface area is 156 Å². The summed E-state index contributed by atoms with van der Waals surface area (Å²) < 4.78 is 14.1. The van der Waals surface area contributed by atoms with Crippen LogP contribution in [0.4, 0.5) is 4.39 Å². The number of likely N-dealkylation sites (tertiary alicyclic amines) is 1. The number of primary amides is 1. The first-order chi connectivity index (χ1) is 12.4. The van der Waals surface area contributed by atoms with Crippen molar-refractivity contribution in [1.29, 1.82) is 0 Å². The lowest BCUT2D eigenvalue weighted by molar-refractivity contribution is 0.0782. The Kier molecular flexibility index (Phi) is 5.28. The summed E-state index contributed by atoms with van der Waals surface area (Å²) in [7, 11) is 0. The van der Waals surface area contributed by atoms with Crippen molar-refractivity contribution in [2.45, 2.75) is 19.8 Å². The monoisotopic (exact) mass is 374 g/mol. The van der Waals surface area contributed by atoms with E-state index in [0.29, 0.717) is 24.2 Å². The molecule has 0 aliphatic carbocycles. The zero-order valence-electron chi connectivity index (χ0n) is 14.5. The van der Waals surface area contributed by atoms with Crippen LogP contribution in [0.5, 0.6) is 0 Å². The minimum Gasteiger partial charge on any atom is -0.366 e. The number of rotatable bonds is 4. The number of carbonyl (C=O) groups is 2. The van der Waals surface area contributed by atoms with Crippen LogP contribution in [0.3, 0.4) is 0 Å². The molecule has 0 spiro atoms. The SMILES string of the molecule is Cc1ccc(F)c(C(=O)N2CC[C@@H](Cc3cccc(C(N)=O)c3)C2)c1Cl. The van der Waals surface area contributed by atoms with Crippen LogP contribution in [-0.2, 0) is 6.42 Å². The Morgan fingerprint density at radius 1 is 1.31 bits per heavy atom. The van der Waals surface area contributed by atoms with E-state index < -0.39 is 11.7 Å². The Balaban J connectivity index is 1.71. The molecule has 4 nitrogen and oxygen atoms in total. The number of hydrogen-bond donors (Lipinski definition) is 1. The Morgan fingerprint density at radius 2 is 2.08 bits per heavy atom. The molecule has 0 aromatic heterocycles. The van der Waals surface area contributed by atoms with Crippen LogP contribution in [0.1, 0.15) is 38.3 Å². The van der Waals surface area contributed by atoms with Crippen LogP contribution in [0, 0.1) is 18.7 Å². The normalized spacial score (nSPS) is 16.7. The molecule has 1 aliphatic rings. The fourth-order valence-corrected chi connectivity index (χ4v) is 3.61. The number of amides is 2. The van der Waals surface area contributed by atoms with Crippen molar-refractivity contribution in [3.8, 4) is 0 Å². The summed E-state index contributed by atoms with van der Waals surface area (Å²) in [5.74, 6) is -1.18. The second kappa shape index (κ2) is 7.46. The zero-order valence-corrected chi connectivity index (χ0v) is 15.2. The van der Waals surface area contributed by atoms with Gasteiger partial charge in [0.25, 0.3) is 5.91 Å². The smallest absolute Gasteiger partial charge is 0.258 e. The summed E-state index contributed by atoms with van der Waals surface area (Å²) in [6.45, 7) is 2.84. The average Bonchev–Trinajstić information content (AvgIpc) is 3.07. The molecule has 2 aromatic rings. The van der Waals surface area contributed by atoms with Crippen molar-refractivity contribution in [3.05, 3.63) is 69.5 Å². The van der Waals surface area contributed by atoms with Gasteiger partial charge in [-0.2, -0.15) is 0 Å². The van der Waals surface area contributed by atoms with E-state index >= 15 is 0 Å². The first kappa shape index (κ1) is 18.4. The largest absolute Gasteiger partial charge is 0.366 e. The van der Waals surface area contributed by atoms with E-state index in [4.69, 9.17) is 17.3 Å². The van der Waals surface area contributed by atoms with Gasteiger partial charge >= 0.3 is 0 Å². The third-order valence-electron chi connectivity index (χ3n) is 4.81. The van der Waals surface area contributed by atoms with E-state index in [1.165, 1.54) is 6.07 Å². The maximum atomic E-state index is 14.1. The average molecular weight is 375 g/mol. The van der Waals surface area contributed by atoms with E-state index in [2.05, 4.69) is 0 Å². The molecule has 2 N–H and O–H groups in total. The maximum Gasteiger partial charge on any atom is 0.258 e. The minimum absolute atomic E-state index is 0.0527. The third-order valence-corrected chi connectivity index (χ3v) is 5.29. The summed E-state index contributed by atoms with van der Waals surface area (Å²) in [4.78, 5) is 25.7. The summed E-state index contributed by atoms with van der Waals surface area (Å²) in [6.07, 6.45) is 1.55. The number of nitrogens with two attached hydrogens (primary N) is 1. The van der Waals surface area contributed by atoms with Gasteiger partial charge in [0.15, 0.2) is 0 Å². The second-order valence-corrected chi connectivity index (χ2v) is 7.11. The first-order valence-electron chi connectivity index (χ1n) is 8.49. The van der Waals surface area contributed by atoms with Gasteiger partial charge in [-0.1, -0.05) is 29.8 Å². The topological polar surface area (TPSA) is 63.4 Å². The van der Waals surface area contributed by atoms with Crippen molar-refractivity contribution in [1.82, 2.24) is 4.90 Å².